The lowest BCUT2D eigenvalue weighted by atomic mass is 9.78. The number of rotatable bonds is 6. The second-order valence-corrected chi connectivity index (χ2v) is 8.99. The van der Waals surface area contributed by atoms with Crippen LogP contribution >= 0.6 is 23.2 Å². The summed E-state index contributed by atoms with van der Waals surface area (Å²) in [6.07, 6.45) is 4.68. The minimum absolute atomic E-state index is 0.00591. The van der Waals surface area contributed by atoms with Gasteiger partial charge in [-0.25, -0.2) is 0 Å². The Kier molecular flexibility index (Phi) is 6.80. The fraction of sp³-hybridized carbons (Fsp3) is 0.458. The van der Waals surface area contributed by atoms with Crippen LogP contribution in [0.2, 0.25) is 10.0 Å². The number of hydrogen-bond donors (Lipinski definition) is 1. The van der Waals surface area contributed by atoms with Gasteiger partial charge in [0, 0.05) is 15.7 Å². The van der Waals surface area contributed by atoms with E-state index < -0.39 is 5.41 Å². The van der Waals surface area contributed by atoms with Crippen LogP contribution in [0.5, 0.6) is 5.75 Å². The van der Waals surface area contributed by atoms with Crippen molar-refractivity contribution in [3.8, 4) is 5.75 Å². The minimum atomic E-state index is -0.616. The van der Waals surface area contributed by atoms with Gasteiger partial charge in [-0.2, -0.15) is 0 Å². The van der Waals surface area contributed by atoms with Crippen LogP contribution in [0.1, 0.15) is 62.6 Å². The minimum Gasteiger partial charge on any atom is -0.490 e. The van der Waals surface area contributed by atoms with E-state index in [0.717, 1.165) is 60.2 Å². The Morgan fingerprint density at radius 3 is 2.31 bits per heavy atom. The average Bonchev–Trinajstić information content (AvgIpc) is 3.15. The molecule has 0 spiro atoms. The van der Waals surface area contributed by atoms with Gasteiger partial charge in [-0.05, 0) is 81.0 Å². The molecule has 1 atom stereocenters. The topological polar surface area (TPSA) is 38.3 Å². The van der Waals surface area contributed by atoms with Crippen LogP contribution in [-0.4, -0.2) is 12.0 Å². The van der Waals surface area contributed by atoms with Crippen molar-refractivity contribution < 1.29 is 9.53 Å². The molecule has 1 aliphatic carbocycles. The van der Waals surface area contributed by atoms with E-state index in [9.17, 15) is 4.79 Å². The molecule has 29 heavy (non-hydrogen) atoms. The highest BCUT2D eigenvalue weighted by Gasteiger charge is 2.44. The van der Waals surface area contributed by atoms with Gasteiger partial charge in [-0.1, -0.05) is 49.0 Å². The predicted octanol–water partition coefficient (Wildman–Crippen LogP) is 7.24. The summed E-state index contributed by atoms with van der Waals surface area (Å²) in [5.41, 5.74) is 3.08. The number of aryl methyl sites for hydroxylation is 2. The molecule has 3 rings (SSSR count). The molecule has 0 aromatic heterocycles. The zero-order valence-electron chi connectivity index (χ0n) is 17.6. The van der Waals surface area contributed by atoms with Crippen LogP contribution in [0, 0.1) is 13.8 Å². The maximum atomic E-state index is 13.5. The molecule has 0 heterocycles. The molecule has 0 aliphatic heterocycles. The summed E-state index contributed by atoms with van der Waals surface area (Å²) in [5.74, 6) is 0.891. The maximum Gasteiger partial charge on any atom is 0.235 e. The van der Waals surface area contributed by atoms with Crippen molar-refractivity contribution in [2.24, 2.45) is 0 Å². The lowest BCUT2D eigenvalue weighted by Crippen LogP contribution is -2.38. The van der Waals surface area contributed by atoms with Gasteiger partial charge in [0.2, 0.25) is 5.91 Å². The third-order valence-corrected chi connectivity index (χ3v) is 6.50. The Morgan fingerprint density at radius 1 is 1.14 bits per heavy atom. The summed E-state index contributed by atoms with van der Waals surface area (Å²) in [6.45, 7) is 8.20. The van der Waals surface area contributed by atoms with E-state index >= 15 is 0 Å². The Hall–Kier alpha value is -1.71. The van der Waals surface area contributed by atoms with Gasteiger partial charge in [0.25, 0.3) is 0 Å². The lowest BCUT2D eigenvalue weighted by Gasteiger charge is -2.29. The van der Waals surface area contributed by atoms with Crippen molar-refractivity contribution in [1.82, 2.24) is 0 Å². The highest BCUT2D eigenvalue weighted by Crippen LogP contribution is 2.45. The second kappa shape index (κ2) is 8.97. The van der Waals surface area contributed by atoms with Gasteiger partial charge >= 0.3 is 0 Å². The first-order valence-corrected chi connectivity index (χ1v) is 11.1. The zero-order valence-corrected chi connectivity index (χ0v) is 19.1. The van der Waals surface area contributed by atoms with Crippen LogP contribution in [0.3, 0.4) is 0 Å². The normalized spacial score (nSPS) is 16.5. The molecule has 1 saturated carbocycles. The first-order chi connectivity index (χ1) is 13.8. The van der Waals surface area contributed by atoms with Crippen LogP contribution in [-0.2, 0) is 10.2 Å². The number of amides is 1. The predicted molar refractivity (Wildman–Crippen MR) is 122 cm³/mol. The molecule has 0 radical (unpaired) electrons. The van der Waals surface area contributed by atoms with Crippen LogP contribution < -0.4 is 10.1 Å². The Balaban J connectivity index is 1.89. The summed E-state index contributed by atoms with van der Waals surface area (Å²) < 4.78 is 6.06. The van der Waals surface area contributed by atoms with Crippen LogP contribution in [0.15, 0.2) is 30.3 Å². The molecule has 0 saturated heterocycles. The fourth-order valence-electron chi connectivity index (χ4n) is 4.22. The quantitative estimate of drug-likeness (QED) is 0.521. The molecule has 5 heteroatoms. The van der Waals surface area contributed by atoms with Gasteiger partial charge in [-0.3, -0.25) is 4.79 Å². The highest BCUT2D eigenvalue weighted by molar-refractivity contribution is 6.35. The van der Waals surface area contributed by atoms with Crippen LogP contribution in [0.4, 0.5) is 5.69 Å². The molecule has 1 fully saturated rings. The average molecular weight is 434 g/mol. The van der Waals surface area contributed by atoms with Gasteiger partial charge in [-0.15, -0.1) is 0 Å². The first kappa shape index (κ1) is 22.0. The van der Waals surface area contributed by atoms with Crippen LogP contribution in [0.25, 0.3) is 0 Å². The van der Waals surface area contributed by atoms with E-state index in [0.29, 0.717) is 10.0 Å². The summed E-state index contributed by atoms with van der Waals surface area (Å²) in [7, 11) is 0. The molecular weight excluding hydrogens is 405 g/mol. The van der Waals surface area contributed by atoms with E-state index in [1.807, 2.05) is 38.1 Å². The number of anilines is 1. The molecule has 1 N–H and O–H groups in total. The Bertz CT molecular complexity index is 881. The summed E-state index contributed by atoms with van der Waals surface area (Å²) in [4.78, 5) is 13.5. The lowest BCUT2D eigenvalue weighted by molar-refractivity contribution is -0.121. The maximum absolute atomic E-state index is 13.5. The monoisotopic (exact) mass is 433 g/mol. The van der Waals surface area contributed by atoms with E-state index in [-0.39, 0.29) is 12.0 Å². The SMILES string of the molecule is CC[C@H](C)Oc1c(C)cc(NC(=O)C2(c3ccc(Cl)cc3Cl)CCCC2)cc1C. The third-order valence-electron chi connectivity index (χ3n) is 5.95. The summed E-state index contributed by atoms with van der Waals surface area (Å²) in [6, 6.07) is 9.39. The van der Waals surface area contributed by atoms with Gasteiger partial charge in [0.05, 0.1) is 11.5 Å². The standard InChI is InChI=1S/C24H29Cl2NO2/c1-5-17(4)29-22-15(2)12-19(13-16(22)3)27-23(28)24(10-6-7-11-24)20-9-8-18(25)14-21(20)26/h8-9,12-14,17H,5-7,10-11H2,1-4H3,(H,27,28)/t17-/m0/s1. The van der Waals surface area contributed by atoms with E-state index in [2.05, 4.69) is 19.2 Å². The van der Waals surface area contributed by atoms with Crippen molar-refractivity contribution in [2.45, 2.75) is 71.3 Å². The number of benzene rings is 2. The van der Waals surface area contributed by atoms with Crippen molar-refractivity contribution in [3.05, 3.63) is 57.1 Å². The fourth-order valence-corrected chi connectivity index (χ4v) is 4.81. The van der Waals surface area contributed by atoms with Gasteiger partial charge < -0.3 is 10.1 Å². The Labute approximate surface area is 183 Å². The second-order valence-electron chi connectivity index (χ2n) is 8.14. The van der Waals surface area contributed by atoms with E-state index in [1.165, 1.54) is 0 Å². The molecule has 1 aliphatic rings. The zero-order chi connectivity index (χ0) is 21.2. The number of carbonyl (C=O) groups excluding carboxylic acids is 1. The number of carbonyl (C=O) groups is 1. The molecule has 1 amide bonds. The molecule has 3 nitrogen and oxygen atoms in total. The third kappa shape index (κ3) is 4.57. The van der Waals surface area contributed by atoms with Gasteiger partial charge in [0.15, 0.2) is 0 Å². The molecule has 156 valence electrons. The molecular formula is C24H29Cl2NO2. The summed E-state index contributed by atoms with van der Waals surface area (Å²) in [5, 5.41) is 4.29. The number of halogens is 2. The van der Waals surface area contributed by atoms with E-state index in [1.54, 1.807) is 6.07 Å². The number of nitrogens with one attached hydrogen (secondary N) is 1. The van der Waals surface area contributed by atoms with Gasteiger partial charge in [0.1, 0.15) is 5.75 Å². The highest BCUT2D eigenvalue weighted by atomic mass is 35.5. The van der Waals surface area contributed by atoms with Crippen molar-refractivity contribution in [3.63, 3.8) is 0 Å². The van der Waals surface area contributed by atoms with E-state index in [4.69, 9.17) is 27.9 Å². The van der Waals surface area contributed by atoms with Crippen molar-refractivity contribution >= 4 is 34.8 Å². The van der Waals surface area contributed by atoms with Crippen molar-refractivity contribution in [1.29, 1.82) is 0 Å². The smallest absolute Gasteiger partial charge is 0.235 e. The molecule has 0 bridgehead atoms. The van der Waals surface area contributed by atoms with Crippen molar-refractivity contribution in [2.75, 3.05) is 5.32 Å². The largest absolute Gasteiger partial charge is 0.490 e. The first-order valence-electron chi connectivity index (χ1n) is 10.3. The molecule has 2 aromatic rings. The molecule has 0 unspecified atom stereocenters. The number of ether oxygens (including phenoxy) is 1. The Morgan fingerprint density at radius 2 is 1.76 bits per heavy atom. The molecule has 2 aromatic carbocycles. The summed E-state index contributed by atoms with van der Waals surface area (Å²) >= 11 is 12.6. The number of hydrogen-bond acceptors (Lipinski definition) is 2.